The Balaban J connectivity index is 1.22. The Hall–Kier alpha value is -2.34. The van der Waals surface area contributed by atoms with Gasteiger partial charge in [-0.1, -0.05) is 31.0 Å². The van der Waals surface area contributed by atoms with Gasteiger partial charge in [-0.25, -0.2) is 5.48 Å². The zero-order chi connectivity index (χ0) is 22.1. The maximum Gasteiger partial charge on any atom is 0.253 e. The van der Waals surface area contributed by atoms with Crippen LogP contribution in [0.5, 0.6) is 0 Å². The van der Waals surface area contributed by atoms with Crippen molar-refractivity contribution in [2.45, 2.75) is 76.8 Å². The van der Waals surface area contributed by atoms with Crippen LogP contribution in [0.15, 0.2) is 30.5 Å². The molecule has 0 atom stereocenters. The van der Waals surface area contributed by atoms with E-state index in [-0.39, 0.29) is 11.8 Å². The van der Waals surface area contributed by atoms with Crippen LogP contribution in [0.1, 0.15) is 74.6 Å². The number of unbranched alkanes of at least 4 members (excludes halogenated alkanes) is 3. The number of aromatic nitrogens is 1. The molecule has 6 heteroatoms. The number of amides is 2. The largest absolute Gasteiger partial charge is 0.349 e. The van der Waals surface area contributed by atoms with Gasteiger partial charge in [-0.15, -0.1) is 0 Å². The van der Waals surface area contributed by atoms with Crippen molar-refractivity contribution < 1.29 is 14.8 Å². The van der Waals surface area contributed by atoms with Crippen LogP contribution < -0.4 is 10.8 Å². The molecule has 0 aliphatic heterocycles. The van der Waals surface area contributed by atoms with Crippen LogP contribution in [-0.4, -0.2) is 27.6 Å². The van der Waals surface area contributed by atoms with Crippen molar-refractivity contribution in [3.8, 4) is 0 Å². The van der Waals surface area contributed by atoms with E-state index in [1.165, 1.54) is 32.1 Å². The standard InChI is InChI=1S/C26H35N3O3/c30-24(28-32)9-3-1-2-6-10-29-16-22(21-7-4-5-8-23(21)29)26(31)27-25-19-12-17-11-18(14-19)15-20(25)13-17/h4-5,7-8,16-20,25,32H,1-3,6,9-15H2,(H,27,31)(H,28,30). The molecule has 1 aromatic heterocycles. The average molecular weight is 438 g/mol. The predicted octanol–water partition coefficient (Wildman–Crippen LogP) is 4.65. The van der Waals surface area contributed by atoms with E-state index in [9.17, 15) is 9.59 Å². The number of carbonyl (C=O) groups is 2. The van der Waals surface area contributed by atoms with Crippen LogP contribution in [0, 0.1) is 23.7 Å². The molecule has 1 aromatic carbocycles. The van der Waals surface area contributed by atoms with Gasteiger partial charge in [0, 0.05) is 36.1 Å². The van der Waals surface area contributed by atoms with E-state index in [4.69, 9.17) is 5.21 Å². The number of hydrogen-bond donors (Lipinski definition) is 3. The van der Waals surface area contributed by atoms with Crippen LogP contribution in [0.25, 0.3) is 10.9 Å². The molecule has 4 saturated carbocycles. The van der Waals surface area contributed by atoms with Gasteiger partial charge in [0.1, 0.15) is 0 Å². The molecule has 2 aromatic rings. The number of hydrogen-bond acceptors (Lipinski definition) is 3. The zero-order valence-corrected chi connectivity index (χ0v) is 18.8. The summed E-state index contributed by atoms with van der Waals surface area (Å²) in [6.45, 7) is 0.859. The van der Waals surface area contributed by atoms with E-state index >= 15 is 0 Å². The van der Waals surface area contributed by atoms with Gasteiger partial charge in [0.25, 0.3) is 5.91 Å². The lowest BCUT2D eigenvalue weighted by Gasteiger charge is -2.54. The SMILES string of the molecule is O=C(CCCCCCn1cc(C(=O)NC2C3CC4CC(C3)CC2C4)c2ccccc21)NO. The molecule has 32 heavy (non-hydrogen) atoms. The predicted molar refractivity (Wildman–Crippen MR) is 123 cm³/mol. The van der Waals surface area contributed by atoms with Gasteiger partial charge in [-0.3, -0.25) is 14.8 Å². The molecule has 6 rings (SSSR count). The van der Waals surface area contributed by atoms with E-state index in [1.54, 1.807) is 5.48 Å². The topological polar surface area (TPSA) is 83.4 Å². The Morgan fingerprint density at radius 2 is 1.62 bits per heavy atom. The van der Waals surface area contributed by atoms with E-state index in [0.717, 1.165) is 60.5 Å². The minimum atomic E-state index is -0.323. The van der Waals surface area contributed by atoms with Gasteiger partial charge in [-0.05, 0) is 74.7 Å². The molecule has 0 saturated heterocycles. The first-order valence-corrected chi connectivity index (χ1v) is 12.4. The highest BCUT2D eigenvalue weighted by molar-refractivity contribution is 6.07. The summed E-state index contributed by atoms with van der Waals surface area (Å²) in [6, 6.07) is 8.56. The lowest BCUT2D eigenvalue weighted by atomic mass is 9.54. The maximum atomic E-state index is 13.4. The molecule has 0 spiro atoms. The van der Waals surface area contributed by atoms with E-state index in [0.29, 0.717) is 24.3 Å². The van der Waals surface area contributed by atoms with Crippen molar-refractivity contribution in [2.75, 3.05) is 0 Å². The summed E-state index contributed by atoms with van der Waals surface area (Å²) in [5, 5.41) is 13.1. The van der Waals surface area contributed by atoms with Crippen LogP contribution >= 0.6 is 0 Å². The van der Waals surface area contributed by atoms with Crippen molar-refractivity contribution in [1.29, 1.82) is 0 Å². The fraction of sp³-hybridized carbons (Fsp3) is 0.615. The number of nitrogens with zero attached hydrogens (tertiary/aromatic N) is 1. The molecule has 0 radical (unpaired) electrons. The number of nitrogens with one attached hydrogen (secondary N) is 2. The second-order valence-electron chi connectivity index (χ2n) is 10.4. The van der Waals surface area contributed by atoms with Crippen LogP contribution in [0.4, 0.5) is 0 Å². The molecule has 4 aliphatic rings. The second-order valence-corrected chi connectivity index (χ2v) is 10.4. The van der Waals surface area contributed by atoms with Crippen molar-refractivity contribution in [3.05, 3.63) is 36.0 Å². The molecule has 4 bridgehead atoms. The molecule has 4 fully saturated rings. The van der Waals surface area contributed by atoms with Crippen LogP contribution in [-0.2, 0) is 11.3 Å². The maximum absolute atomic E-state index is 13.4. The fourth-order valence-corrected chi connectivity index (χ4v) is 6.98. The monoisotopic (exact) mass is 437 g/mol. The quantitative estimate of drug-likeness (QED) is 0.303. The zero-order valence-electron chi connectivity index (χ0n) is 18.8. The molecule has 0 unspecified atom stereocenters. The normalized spacial score (nSPS) is 28.2. The average Bonchev–Trinajstić information content (AvgIpc) is 3.16. The highest BCUT2D eigenvalue weighted by Gasteiger charge is 2.48. The molecule has 2 amide bonds. The molecule has 1 heterocycles. The summed E-state index contributed by atoms with van der Waals surface area (Å²) in [4.78, 5) is 24.5. The van der Waals surface area contributed by atoms with E-state index in [2.05, 4.69) is 22.0 Å². The van der Waals surface area contributed by atoms with Gasteiger partial charge in [0.05, 0.1) is 5.56 Å². The number of hydroxylamine groups is 1. The van der Waals surface area contributed by atoms with E-state index in [1.807, 2.05) is 18.3 Å². The van der Waals surface area contributed by atoms with Gasteiger partial charge in [0.15, 0.2) is 0 Å². The lowest BCUT2D eigenvalue weighted by Crippen LogP contribution is -2.55. The molecule has 4 aliphatic carbocycles. The van der Waals surface area contributed by atoms with E-state index < -0.39 is 0 Å². The first-order chi connectivity index (χ1) is 15.6. The van der Waals surface area contributed by atoms with Gasteiger partial charge < -0.3 is 9.88 Å². The Bertz CT molecular complexity index is 954. The highest BCUT2D eigenvalue weighted by atomic mass is 16.5. The minimum Gasteiger partial charge on any atom is -0.349 e. The van der Waals surface area contributed by atoms with Gasteiger partial charge in [-0.2, -0.15) is 0 Å². The third kappa shape index (κ3) is 4.29. The summed E-state index contributed by atoms with van der Waals surface area (Å²) in [6.07, 6.45) is 12.8. The summed E-state index contributed by atoms with van der Waals surface area (Å²) in [7, 11) is 0. The summed E-state index contributed by atoms with van der Waals surface area (Å²) in [5.74, 6) is 2.94. The fourth-order valence-electron chi connectivity index (χ4n) is 6.98. The smallest absolute Gasteiger partial charge is 0.253 e. The van der Waals surface area contributed by atoms with Crippen molar-refractivity contribution >= 4 is 22.7 Å². The van der Waals surface area contributed by atoms with Gasteiger partial charge >= 0.3 is 0 Å². The Labute approximate surface area is 189 Å². The van der Waals surface area contributed by atoms with Gasteiger partial charge in [0.2, 0.25) is 5.91 Å². The Morgan fingerprint density at radius 1 is 0.938 bits per heavy atom. The summed E-state index contributed by atoms with van der Waals surface area (Å²) >= 11 is 0. The number of rotatable bonds is 9. The summed E-state index contributed by atoms with van der Waals surface area (Å²) in [5.41, 5.74) is 3.59. The Kier molecular flexibility index (Phi) is 6.22. The van der Waals surface area contributed by atoms with Crippen molar-refractivity contribution in [1.82, 2.24) is 15.4 Å². The number of benzene rings is 1. The number of carbonyl (C=O) groups excluding carboxylic acids is 2. The molecular weight excluding hydrogens is 402 g/mol. The molecule has 3 N–H and O–H groups in total. The van der Waals surface area contributed by atoms with Crippen molar-refractivity contribution in [3.63, 3.8) is 0 Å². The minimum absolute atomic E-state index is 0.0902. The number of para-hydroxylation sites is 1. The molecular formula is C26H35N3O3. The molecule has 6 nitrogen and oxygen atoms in total. The first kappa shape index (κ1) is 21.5. The van der Waals surface area contributed by atoms with Crippen LogP contribution in [0.2, 0.25) is 0 Å². The lowest BCUT2D eigenvalue weighted by molar-refractivity contribution is -0.129. The third-order valence-corrected chi connectivity index (χ3v) is 8.24. The van der Waals surface area contributed by atoms with Crippen LogP contribution in [0.3, 0.4) is 0 Å². The second kappa shape index (κ2) is 9.26. The number of aryl methyl sites for hydroxylation is 1. The number of fused-ring (bicyclic) bond motifs is 1. The highest BCUT2D eigenvalue weighted by Crippen LogP contribution is 2.53. The summed E-state index contributed by atoms with van der Waals surface area (Å²) < 4.78 is 2.21. The van der Waals surface area contributed by atoms with Crippen molar-refractivity contribution in [2.24, 2.45) is 23.7 Å². The third-order valence-electron chi connectivity index (χ3n) is 8.24. The first-order valence-electron chi connectivity index (χ1n) is 12.4. The Morgan fingerprint density at radius 3 is 2.34 bits per heavy atom. The molecule has 172 valence electrons.